The molecule has 2 heterocycles. The predicted molar refractivity (Wildman–Crippen MR) is 121 cm³/mol. The number of phenols is 1. The summed E-state index contributed by atoms with van der Waals surface area (Å²) in [7, 11) is 0. The topological polar surface area (TPSA) is 48.7 Å². The van der Waals surface area contributed by atoms with E-state index in [0.29, 0.717) is 12.3 Å². The van der Waals surface area contributed by atoms with Gasteiger partial charge >= 0.3 is 0 Å². The number of carbonyl (C=O) groups is 1. The van der Waals surface area contributed by atoms with E-state index in [1.54, 1.807) is 6.07 Å². The average Bonchev–Trinajstić information content (AvgIpc) is 3.04. The minimum Gasteiger partial charge on any atom is -0.506 e. The summed E-state index contributed by atoms with van der Waals surface area (Å²) in [5.41, 5.74) is 5.08. The first-order chi connectivity index (χ1) is 14.5. The summed E-state index contributed by atoms with van der Waals surface area (Å²) in [6, 6.07) is 19.8. The number of hydrogen-bond acceptors (Lipinski definition) is 4. The summed E-state index contributed by atoms with van der Waals surface area (Å²) < 4.78 is 2.22. The molecule has 156 valence electrons. The van der Waals surface area contributed by atoms with E-state index >= 15 is 0 Å². The molecular formula is C25H29N3O2. The molecule has 1 N–H and O–H groups in total. The first kappa shape index (κ1) is 20.2. The Balaban J connectivity index is 1.39. The minimum atomic E-state index is 0.179. The van der Waals surface area contributed by atoms with Crippen molar-refractivity contribution in [3.05, 3.63) is 83.2 Å². The number of piperazine rings is 1. The number of aryl methyl sites for hydroxylation is 1. The van der Waals surface area contributed by atoms with E-state index in [1.165, 1.54) is 5.56 Å². The van der Waals surface area contributed by atoms with Crippen LogP contribution in [0.5, 0.6) is 5.75 Å². The van der Waals surface area contributed by atoms with Gasteiger partial charge in [-0.2, -0.15) is 0 Å². The molecule has 0 amide bonds. The number of hydrogen-bond donors (Lipinski definition) is 1. The monoisotopic (exact) mass is 403 g/mol. The van der Waals surface area contributed by atoms with Crippen LogP contribution in [0.3, 0.4) is 0 Å². The number of para-hydroxylation sites is 2. The first-order valence-corrected chi connectivity index (χ1v) is 10.5. The highest BCUT2D eigenvalue weighted by Crippen LogP contribution is 2.27. The van der Waals surface area contributed by atoms with Crippen LogP contribution in [0.1, 0.15) is 27.3 Å². The normalized spacial score (nSPS) is 14.8. The number of aromatic hydroxyl groups is 1. The smallest absolute Gasteiger partial charge is 0.178 e. The highest BCUT2D eigenvalue weighted by Gasteiger charge is 2.23. The van der Waals surface area contributed by atoms with E-state index in [9.17, 15) is 9.90 Å². The second-order valence-corrected chi connectivity index (χ2v) is 8.03. The van der Waals surface area contributed by atoms with Crippen LogP contribution in [0.2, 0.25) is 0 Å². The zero-order chi connectivity index (χ0) is 21.1. The van der Waals surface area contributed by atoms with Crippen LogP contribution in [0.15, 0.2) is 60.7 Å². The third kappa shape index (κ3) is 4.26. The molecule has 0 atom stereocenters. The van der Waals surface area contributed by atoms with Gasteiger partial charge in [0.15, 0.2) is 5.78 Å². The fraction of sp³-hybridized carbons (Fsp3) is 0.320. The number of aromatic nitrogens is 1. The molecule has 1 aliphatic heterocycles. The molecule has 0 saturated carbocycles. The number of carbonyl (C=O) groups excluding carboxylic acids is 1. The largest absolute Gasteiger partial charge is 0.506 e. The molecule has 5 nitrogen and oxygen atoms in total. The second-order valence-electron chi connectivity index (χ2n) is 8.03. The zero-order valence-electron chi connectivity index (χ0n) is 17.7. The summed E-state index contributed by atoms with van der Waals surface area (Å²) in [4.78, 5) is 17.4. The maximum absolute atomic E-state index is 13.0. The lowest BCUT2D eigenvalue weighted by Gasteiger charge is -2.35. The first-order valence-electron chi connectivity index (χ1n) is 10.5. The number of rotatable bonds is 6. The lowest BCUT2D eigenvalue weighted by Crippen LogP contribution is -2.48. The summed E-state index contributed by atoms with van der Waals surface area (Å²) >= 11 is 0. The Morgan fingerprint density at radius 3 is 2.30 bits per heavy atom. The Morgan fingerprint density at radius 1 is 0.933 bits per heavy atom. The molecular weight excluding hydrogens is 374 g/mol. The van der Waals surface area contributed by atoms with Gasteiger partial charge in [-0.05, 0) is 37.6 Å². The molecule has 1 aromatic heterocycles. The van der Waals surface area contributed by atoms with Gasteiger partial charge in [-0.25, -0.2) is 0 Å². The SMILES string of the molecule is Cc1cc(C(=O)CN2CCN(c3ccccc3O)CC2)c(C)n1Cc1ccccc1. The highest BCUT2D eigenvalue weighted by molar-refractivity contribution is 5.99. The summed E-state index contributed by atoms with van der Waals surface area (Å²) in [6.45, 7) is 8.55. The fourth-order valence-electron chi connectivity index (χ4n) is 4.26. The molecule has 0 bridgehead atoms. The minimum absolute atomic E-state index is 0.179. The third-order valence-corrected chi connectivity index (χ3v) is 6.02. The maximum atomic E-state index is 13.0. The fourth-order valence-corrected chi connectivity index (χ4v) is 4.26. The molecule has 1 saturated heterocycles. The quantitative estimate of drug-likeness (QED) is 0.635. The van der Waals surface area contributed by atoms with Crippen molar-refractivity contribution in [3.63, 3.8) is 0 Å². The average molecular weight is 404 g/mol. The van der Waals surface area contributed by atoms with Crippen molar-refractivity contribution in [2.75, 3.05) is 37.6 Å². The van der Waals surface area contributed by atoms with Gasteiger partial charge in [0.05, 0.1) is 12.2 Å². The Hall–Kier alpha value is -3.05. The summed E-state index contributed by atoms with van der Waals surface area (Å²) in [5, 5.41) is 10.1. The Morgan fingerprint density at radius 2 is 1.60 bits per heavy atom. The van der Waals surface area contributed by atoms with E-state index in [-0.39, 0.29) is 5.78 Å². The molecule has 2 aromatic carbocycles. The van der Waals surface area contributed by atoms with E-state index < -0.39 is 0 Å². The number of nitrogens with zero attached hydrogens (tertiary/aromatic N) is 3. The number of anilines is 1. The predicted octanol–water partition coefficient (Wildman–Crippen LogP) is 3.86. The van der Waals surface area contributed by atoms with Gasteiger partial charge < -0.3 is 14.6 Å². The van der Waals surface area contributed by atoms with Gasteiger partial charge in [0.25, 0.3) is 0 Å². The molecule has 0 unspecified atom stereocenters. The summed E-state index contributed by atoms with van der Waals surface area (Å²) in [5.74, 6) is 0.492. The Labute approximate surface area is 178 Å². The molecule has 1 fully saturated rings. The highest BCUT2D eigenvalue weighted by atomic mass is 16.3. The van der Waals surface area contributed by atoms with Crippen LogP contribution in [0.25, 0.3) is 0 Å². The molecule has 3 aromatic rings. The molecule has 1 aliphatic rings. The molecule has 5 heteroatoms. The van der Waals surface area contributed by atoms with Gasteiger partial charge in [-0.15, -0.1) is 0 Å². The van der Waals surface area contributed by atoms with Crippen LogP contribution in [0, 0.1) is 13.8 Å². The number of ketones is 1. The van der Waals surface area contributed by atoms with Crippen molar-refractivity contribution in [1.29, 1.82) is 0 Å². The van der Waals surface area contributed by atoms with Crippen LogP contribution in [-0.4, -0.2) is 53.1 Å². The van der Waals surface area contributed by atoms with Gasteiger partial charge in [0.1, 0.15) is 5.75 Å². The number of Topliss-reactive ketones (excluding diaryl/α,β-unsaturated/α-hetero) is 1. The summed E-state index contributed by atoms with van der Waals surface area (Å²) in [6.07, 6.45) is 0. The van der Waals surface area contributed by atoms with Crippen molar-refractivity contribution in [1.82, 2.24) is 9.47 Å². The van der Waals surface area contributed by atoms with Crippen LogP contribution >= 0.6 is 0 Å². The van der Waals surface area contributed by atoms with Crippen molar-refractivity contribution in [2.24, 2.45) is 0 Å². The van der Waals surface area contributed by atoms with Crippen LogP contribution in [-0.2, 0) is 6.54 Å². The van der Waals surface area contributed by atoms with E-state index in [0.717, 1.165) is 55.4 Å². The number of benzene rings is 2. The van der Waals surface area contributed by atoms with E-state index in [2.05, 4.69) is 33.4 Å². The molecule has 0 radical (unpaired) electrons. The van der Waals surface area contributed by atoms with Crippen molar-refractivity contribution < 1.29 is 9.90 Å². The van der Waals surface area contributed by atoms with Gasteiger partial charge in [-0.1, -0.05) is 42.5 Å². The van der Waals surface area contributed by atoms with Gasteiger partial charge in [-0.3, -0.25) is 9.69 Å². The standard InChI is InChI=1S/C25H29N3O2/c1-19-16-22(20(2)28(19)17-21-8-4-3-5-9-21)25(30)18-26-12-14-27(15-13-26)23-10-6-7-11-24(23)29/h3-11,16,29H,12-15,17-18H2,1-2H3. The molecule has 0 spiro atoms. The Kier molecular flexibility index (Phi) is 5.91. The zero-order valence-corrected chi connectivity index (χ0v) is 17.7. The van der Waals surface area contributed by atoms with Crippen molar-refractivity contribution in [3.8, 4) is 5.75 Å². The lowest BCUT2D eigenvalue weighted by atomic mass is 10.1. The van der Waals surface area contributed by atoms with Crippen molar-refractivity contribution in [2.45, 2.75) is 20.4 Å². The molecule has 4 rings (SSSR count). The van der Waals surface area contributed by atoms with Gasteiger partial charge in [0.2, 0.25) is 0 Å². The second kappa shape index (κ2) is 8.76. The van der Waals surface area contributed by atoms with E-state index in [4.69, 9.17) is 0 Å². The lowest BCUT2D eigenvalue weighted by molar-refractivity contribution is 0.0925. The Bertz CT molecular complexity index is 1020. The van der Waals surface area contributed by atoms with Crippen molar-refractivity contribution >= 4 is 11.5 Å². The van der Waals surface area contributed by atoms with Crippen LogP contribution in [0.4, 0.5) is 5.69 Å². The molecule has 0 aliphatic carbocycles. The third-order valence-electron chi connectivity index (χ3n) is 6.02. The van der Waals surface area contributed by atoms with Crippen LogP contribution < -0.4 is 4.90 Å². The number of phenolic OH excluding ortho intramolecular Hbond substituents is 1. The van der Waals surface area contributed by atoms with E-state index in [1.807, 2.05) is 49.4 Å². The van der Waals surface area contributed by atoms with Gasteiger partial charge in [0, 0.05) is 49.7 Å². The molecule has 30 heavy (non-hydrogen) atoms. The maximum Gasteiger partial charge on any atom is 0.178 e.